The van der Waals surface area contributed by atoms with Crippen LogP contribution in [0.1, 0.15) is 32.8 Å². The van der Waals surface area contributed by atoms with E-state index in [1.807, 2.05) is 73.7 Å². The molecule has 2 aliphatic heterocycles. The van der Waals surface area contributed by atoms with Gasteiger partial charge in [0.25, 0.3) is 11.8 Å². The van der Waals surface area contributed by atoms with Gasteiger partial charge in [-0.3, -0.25) is 19.3 Å². The number of hydrogen-bond donors (Lipinski definition) is 0. The van der Waals surface area contributed by atoms with Crippen molar-refractivity contribution in [3.8, 4) is 5.75 Å². The Hall–Kier alpha value is -5.28. The van der Waals surface area contributed by atoms with Gasteiger partial charge in [0.2, 0.25) is 5.76 Å². The molecule has 8 nitrogen and oxygen atoms in total. The van der Waals surface area contributed by atoms with E-state index in [0.717, 1.165) is 15.8 Å². The first-order valence-electron chi connectivity index (χ1n) is 13.7. The third kappa shape index (κ3) is 3.42. The number of anilines is 2. The van der Waals surface area contributed by atoms with E-state index in [4.69, 9.17) is 14.1 Å². The van der Waals surface area contributed by atoms with Crippen molar-refractivity contribution in [1.82, 2.24) is 4.98 Å². The van der Waals surface area contributed by atoms with Gasteiger partial charge in [0.15, 0.2) is 16.1 Å². The van der Waals surface area contributed by atoms with E-state index in [0.29, 0.717) is 27.9 Å². The summed E-state index contributed by atoms with van der Waals surface area (Å²) in [7, 11) is 1.58. The summed E-state index contributed by atoms with van der Waals surface area (Å²) in [6.07, 6.45) is 0. The molecule has 1 unspecified atom stereocenters. The molecule has 2 aromatic heterocycles. The first kappa shape index (κ1) is 25.4. The summed E-state index contributed by atoms with van der Waals surface area (Å²) in [6, 6.07) is 27.6. The van der Waals surface area contributed by atoms with Crippen molar-refractivity contribution in [3.05, 3.63) is 129 Å². The van der Waals surface area contributed by atoms with Crippen molar-refractivity contribution in [2.75, 3.05) is 16.9 Å². The number of nitrogens with zero attached hydrogens (tertiary/aromatic N) is 3. The second kappa shape index (κ2) is 9.11. The summed E-state index contributed by atoms with van der Waals surface area (Å²) in [6.45, 7) is 2.14. The van der Waals surface area contributed by atoms with E-state index in [-0.39, 0.29) is 28.6 Å². The molecular formula is C34H23N3O5S. The predicted molar refractivity (Wildman–Crippen MR) is 165 cm³/mol. The molecule has 210 valence electrons. The quantitative estimate of drug-likeness (QED) is 0.246. The van der Waals surface area contributed by atoms with Gasteiger partial charge in [0, 0.05) is 5.56 Å². The highest BCUT2D eigenvalue weighted by Gasteiger charge is 2.66. The normalized spacial score (nSPS) is 17.3. The van der Waals surface area contributed by atoms with Gasteiger partial charge in [0.1, 0.15) is 11.3 Å². The second-order valence-corrected chi connectivity index (χ2v) is 11.7. The maximum atomic E-state index is 15.1. The third-order valence-corrected chi connectivity index (χ3v) is 9.24. The van der Waals surface area contributed by atoms with Gasteiger partial charge in [-0.1, -0.05) is 71.5 Å². The Labute approximate surface area is 249 Å². The van der Waals surface area contributed by atoms with Gasteiger partial charge in [-0.15, -0.1) is 0 Å². The van der Waals surface area contributed by atoms with Gasteiger partial charge in [-0.2, -0.15) is 0 Å². The fraction of sp³-hybridized carbons (Fsp3) is 0.118. The number of methoxy groups -OCH3 is 1. The van der Waals surface area contributed by atoms with E-state index in [1.165, 1.54) is 16.2 Å². The van der Waals surface area contributed by atoms with Crippen molar-refractivity contribution in [3.63, 3.8) is 0 Å². The molecule has 0 radical (unpaired) electrons. The zero-order valence-electron chi connectivity index (χ0n) is 23.2. The Morgan fingerprint density at radius 2 is 1.72 bits per heavy atom. The molecule has 0 saturated heterocycles. The number of ether oxygens (including phenoxy) is 1. The summed E-state index contributed by atoms with van der Waals surface area (Å²) >= 11 is 1.25. The zero-order valence-corrected chi connectivity index (χ0v) is 24.0. The molecule has 0 fully saturated rings. The fourth-order valence-electron chi connectivity index (χ4n) is 6.32. The van der Waals surface area contributed by atoms with Crippen LogP contribution < -0.4 is 20.0 Å². The number of carbonyl (C=O) groups is 2. The van der Waals surface area contributed by atoms with Gasteiger partial charge in [0.05, 0.1) is 40.5 Å². The molecule has 1 spiro atoms. The maximum Gasteiger partial charge on any atom is 0.297 e. The highest BCUT2D eigenvalue weighted by Crippen LogP contribution is 2.55. The molecule has 2 aliphatic rings. The molecular weight excluding hydrogens is 562 g/mol. The number of amides is 2. The molecule has 6 aromatic rings. The highest BCUT2D eigenvalue weighted by atomic mass is 32.1. The van der Waals surface area contributed by atoms with Gasteiger partial charge < -0.3 is 14.1 Å². The van der Waals surface area contributed by atoms with E-state index in [1.54, 1.807) is 36.3 Å². The Kier molecular flexibility index (Phi) is 5.39. The van der Waals surface area contributed by atoms with Crippen LogP contribution in [0, 0.1) is 6.92 Å². The molecule has 9 heteroatoms. The van der Waals surface area contributed by atoms with Crippen LogP contribution in [0.5, 0.6) is 5.75 Å². The summed E-state index contributed by atoms with van der Waals surface area (Å²) in [4.78, 5) is 51.9. The average Bonchev–Trinajstić information content (AvgIpc) is 3.63. The zero-order chi connectivity index (χ0) is 29.5. The predicted octanol–water partition coefficient (Wildman–Crippen LogP) is 6.17. The van der Waals surface area contributed by atoms with Gasteiger partial charge >= 0.3 is 0 Å². The summed E-state index contributed by atoms with van der Waals surface area (Å²) in [5.74, 6) is -0.516. The number of thiazole rings is 1. The van der Waals surface area contributed by atoms with Crippen LogP contribution in [-0.4, -0.2) is 23.9 Å². The number of hydrogen-bond acceptors (Lipinski definition) is 7. The molecule has 1 atom stereocenters. The Morgan fingerprint density at radius 1 is 0.930 bits per heavy atom. The van der Waals surface area contributed by atoms with Crippen molar-refractivity contribution in [2.45, 2.75) is 19.0 Å². The minimum absolute atomic E-state index is 0.0143. The molecule has 0 bridgehead atoms. The summed E-state index contributed by atoms with van der Waals surface area (Å²) < 4.78 is 12.4. The molecule has 0 aliphatic carbocycles. The van der Waals surface area contributed by atoms with E-state index < -0.39 is 22.8 Å². The van der Waals surface area contributed by atoms with Crippen LogP contribution in [0.3, 0.4) is 0 Å². The second-order valence-electron chi connectivity index (χ2n) is 10.7. The minimum atomic E-state index is -1.81. The molecule has 0 saturated carbocycles. The van der Waals surface area contributed by atoms with Crippen LogP contribution in [0.15, 0.2) is 100 Å². The van der Waals surface area contributed by atoms with E-state index >= 15 is 4.79 Å². The van der Waals surface area contributed by atoms with Crippen LogP contribution in [0.25, 0.3) is 21.2 Å². The molecule has 0 N–H and O–H groups in total. The Bertz CT molecular complexity index is 2210. The van der Waals surface area contributed by atoms with Crippen molar-refractivity contribution >= 4 is 55.2 Å². The lowest BCUT2D eigenvalue weighted by molar-refractivity contribution is -0.121. The standard InChI is InChI=1S/C34H23N3O5S/c1-19-12-15-26-22(16-19)29(38)28-30(42-26)31(39)37(33-35-24-14-13-21(41-2)17-27(24)43-33)34(28)23-10-6-7-11-25(23)36(32(34)40)18-20-8-4-3-5-9-20/h3-17H,18H2,1-2H3. The highest BCUT2D eigenvalue weighted by molar-refractivity contribution is 7.22. The number of rotatable bonds is 4. The van der Waals surface area contributed by atoms with E-state index in [9.17, 15) is 9.59 Å². The lowest BCUT2D eigenvalue weighted by atomic mass is 9.84. The number of aryl methyl sites for hydroxylation is 1. The maximum absolute atomic E-state index is 15.1. The van der Waals surface area contributed by atoms with Gasteiger partial charge in [-0.25, -0.2) is 4.98 Å². The third-order valence-electron chi connectivity index (χ3n) is 8.24. The molecule has 2 amide bonds. The fourth-order valence-corrected chi connectivity index (χ4v) is 7.36. The van der Waals surface area contributed by atoms with Crippen LogP contribution in [-0.2, 0) is 16.9 Å². The smallest absolute Gasteiger partial charge is 0.297 e. The number of para-hydroxylation sites is 1. The Morgan fingerprint density at radius 3 is 2.53 bits per heavy atom. The molecule has 4 heterocycles. The number of aromatic nitrogens is 1. The van der Waals surface area contributed by atoms with Crippen LogP contribution in [0.4, 0.5) is 10.8 Å². The SMILES string of the molecule is COc1ccc2nc(N3C(=O)c4oc5ccc(C)cc5c(=O)c4C34C(=O)N(Cc3ccccc3)c3ccccc34)sc2c1. The number of carbonyl (C=O) groups excluding carboxylic acids is 2. The minimum Gasteiger partial charge on any atom is -0.497 e. The monoisotopic (exact) mass is 585 g/mol. The first-order chi connectivity index (χ1) is 20.9. The first-order valence-corrected chi connectivity index (χ1v) is 14.6. The van der Waals surface area contributed by atoms with Crippen molar-refractivity contribution in [1.29, 1.82) is 0 Å². The molecule has 4 aromatic carbocycles. The average molecular weight is 586 g/mol. The van der Waals surface area contributed by atoms with Crippen molar-refractivity contribution < 1.29 is 18.7 Å². The summed E-state index contributed by atoms with van der Waals surface area (Å²) in [5, 5.41) is 0.595. The number of fused-ring (bicyclic) bond motifs is 6. The van der Waals surface area contributed by atoms with Crippen molar-refractivity contribution in [2.24, 2.45) is 0 Å². The molecule has 8 rings (SSSR count). The largest absolute Gasteiger partial charge is 0.497 e. The van der Waals surface area contributed by atoms with Crippen LogP contribution >= 0.6 is 11.3 Å². The van der Waals surface area contributed by atoms with Crippen LogP contribution in [0.2, 0.25) is 0 Å². The Balaban J connectivity index is 1.45. The van der Waals surface area contributed by atoms with E-state index in [2.05, 4.69) is 0 Å². The topological polar surface area (TPSA) is 93.0 Å². The van der Waals surface area contributed by atoms with Gasteiger partial charge in [-0.05, 0) is 48.9 Å². The molecule has 43 heavy (non-hydrogen) atoms. The summed E-state index contributed by atoms with van der Waals surface area (Å²) in [5.41, 5.74) is 1.63. The lowest BCUT2D eigenvalue weighted by Crippen LogP contribution is -2.53. The lowest BCUT2D eigenvalue weighted by Gasteiger charge is -2.32. The number of benzene rings is 4.